The summed E-state index contributed by atoms with van der Waals surface area (Å²) in [6.07, 6.45) is 0.567. The average molecular weight is 174 g/mol. The van der Waals surface area contributed by atoms with E-state index < -0.39 is 17.9 Å². The van der Waals surface area contributed by atoms with Gasteiger partial charge in [0.2, 0.25) is 5.91 Å². The highest BCUT2D eigenvalue weighted by Gasteiger charge is 2.16. The van der Waals surface area contributed by atoms with E-state index in [0.717, 1.165) is 6.42 Å². The Labute approximate surface area is 71.0 Å². The van der Waals surface area contributed by atoms with Crippen molar-refractivity contribution in [1.82, 2.24) is 0 Å². The number of nitrogens with two attached hydrogens (primary N) is 2. The van der Waals surface area contributed by atoms with Crippen LogP contribution >= 0.6 is 0 Å². The molecule has 0 aliphatic heterocycles. The van der Waals surface area contributed by atoms with Crippen LogP contribution in [-0.2, 0) is 14.3 Å². The zero-order valence-corrected chi connectivity index (χ0v) is 7.08. The second-order valence-corrected chi connectivity index (χ2v) is 2.44. The molecule has 0 rings (SSSR count). The molecule has 0 unspecified atom stereocenters. The summed E-state index contributed by atoms with van der Waals surface area (Å²) in [7, 11) is 0. The van der Waals surface area contributed by atoms with Gasteiger partial charge in [0.25, 0.3) is 0 Å². The summed E-state index contributed by atoms with van der Waals surface area (Å²) < 4.78 is 4.68. The fraction of sp³-hybridized carbons (Fsp3) is 0.714. The molecule has 0 saturated heterocycles. The van der Waals surface area contributed by atoms with Crippen LogP contribution in [0.2, 0.25) is 0 Å². The van der Waals surface area contributed by atoms with Crippen molar-refractivity contribution in [2.24, 2.45) is 11.5 Å². The van der Waals surface area contributed by atoms with E-state index in [9.17, 15) is 9.59 Å². The van der Waals surface area contributed by atoms with E-state index in [-0.39, 0.29) is 6.42 Å². The summed E-state index contributed by atoms with van der Waals surface area (Å²) in [5.74, 6) is -1.17. The van der Waals surface area contributed by atoms with Crippen molar-refractivity contribution in [3.63, 3.8) is 0 Å². The molecule has 0 fully saturated rings. The molecular formula is C7H14N2O3. The van der Waals surface area contributed by atoms with E-state index in [2.05, 4.69) is 4.74 Å². The van der Waals surface area contributed by atoms with E-state index in [1.807, 2.05) is 6.92 Å². The second kappa shape index (κ2) is 5.54. The lowest BCUT2D eigenvalue weighted by Gasteiger charge is -2.08. The average Bonchev–Trinajstić information content (AvgIpc) is 1.98. The largest absolute Gasteiger partial charge is 0.465 e. The van der Waals surface area contributed by atoms with Crippen LogP contribution in [-0.4, -0.2) is 24.5 Å². The van der Waals surface area contributed by atoms with Crippen LogP contribution in [0.5, 0.6) is 0 Å². The van der Waals surface area contributed by atoms with Crippen LogP contribution in [0.15, 0.2) is 0 Å². The highest BCUT2D eigenvalue weighted by Crippen LogP contribution is 1.92. The number of carbonyl (C=O) groups is 2. The van der Waals surface area contributed by atoms with Crippen molar-refractivity contribution >= 4 is 11.9 Å². The van der Waals surface area contributed by atoms with Crippen molar-refractivity contribution < 1.29 is 14.3 Å². The number of amides is 1. The molecule has 1 atom stereocenters. The predicted octanol–water partition coefficient (Wildman–Crippen LogP) is -0.858. The van der Waals surface area contributed by atoms with Gasteiger partial charge in [-0.3, -0.25) is 9.59 Å². The maximum absolute atomic E-state index is 10.9. The van der Waals surface area contributed by atoms with Crippen LogP contribution in [0.1, 0.15) is 19.8 Å². The van der Waals surface area contributed by atoms with Crippen LogP contribution in [0, 0.1) is 0 Å². The van der Waals surface area contributed by atoms with Crippen molar-refractivity contribution in [1.29, 1.82) is 0 Å². The number of ether oxygens (including phenoxy) is 1. The number of carbonyl (C=O) groups excluding carboxylic acids is 2. The van der Waals surface area contributed by atoms with Crippen LogP contribution < -0.4 is 11.5 Å². The Morgan fingerprint density at radius 2 is 2.08 bits per heavy atom. The molecule has 5 nitrogen and oxygen atoms in total. The highest BCUT2D eigenvalue weighted by atomic mass is 16.5. The minimum Gasteiger partial charge on any atom is -0.465 e. The fourth-order valence-corrected chi connectivity index (χ4v) is 0.610. The Bertz CT molecular complexity index is 170. The first kappa shape index (κ1) is 10.9. The molecule has 0 saturated carbocycles. The SMILES string of the molecule is CCCOC(=O)[C@@H](N)CC(N)=O. The smallest absolute Gasteiger partial charge is 0.323 e. The predicted molar refractivity (Wildman–Crippen MR) is 43.0 cm³/mol. The summed E-state index contributed by atoms with van der Waals surface area (Å²) in [6, 6.07) is -0.922. The zero-order chi connectivity index (χ0) is 9.56. The molecule has 0 aliphatic carbocycles. The van der Waals surface area contributed by atoms with E-state index >= 15 is 0 Å². The Morgan fingerprint density at radius 3 is 2.50 bits per heavy atom. The van der Waals surface area contributed by atoms with E-state index in [0.29, 0.717) is 6.61 Å². The van der Waals surface area contributed by atoms with Gasteiger partial charge in [-0.25, -0.2) is 0 Å². The van der Waals surface area contributed by atoms with Gasteiger partial charge in [0.05, 0.1) is 13.0 Å². The number of hydrogen-bond acceptors (Lipinski definition) is 4. The lowest BCUT2D eigenvalue weighted by atomic mass is 10.2. The van der Waals surface area contributed by atoms with Crippen molar-refractivity contribution in [2.45, 2.75) is 25.8 Å². The van der Waals surface area contributed by atoms with E-state index in [1.54, 1.807) is 0 Å². The van der Waals surface area contributed by atoms with Gasteiger partial charge in [0.1, 0.15) is 6.04 Å². The minimum atomic E-state index is -0.922. The molecule has 1 amide bonds. The first-order chi connectivity index (χ1) is 5.57. The maximum atomic E-state index is 10.9. The molecule has 0 aromatic rings. The molecule has 12 heavy (non-hydrogen) atoms. The van der Waals surface area contributed by atoms with Gasteiger partial charge < -0.3 is 16.2 Å². The van der Waals surface area contributed by atoms with Gasteiger partial charge >= 0.3 is 5.97 Å². The Balaban J connectivity index is 3.69. The van der Waals surface area contributed by atoms with E-state index in [4.69, 9.17) is 11.5 Å². The third-order valence-corrected chi connectivity index (χ3v) is 1.17. The molecule has 0 aliphatic rings. The first-order valence-electron chi connectivity index (χ1n) is 3.78. The second-order valence-electron chi connectivity index (χ2n) is 2.44. The maximum Gasteiger partial charge on any atom is 0.323 e. The summed E-state index contributed by atoms with van der Waals surface area (Å²) in [5.41, 5.74) is 10.1. The summed E-state index contributed by atoms with van der Waals surface area (Å²) in [5, 5.41) is 0. The standard InChI is InChI=1S/C7H14N2O3/c1-2-3-12-7(11)5(8)4-6(9)10/h5H,2-4,8H2,1H3,(H2,9,10)/t5-/m0/s1. The normalized spacial score (nSPS) is 12.2. The van der Waals surface area contributed by atoms with Gasteiger partial charge in [0, 0.05) is 0 Å². The molecule has 0 spiro atoms. The Hall–Kier alpha value is -1.10. The monoisotopic (exact) mass is 174 g/mol. The molecule has 4 N–H and O–H groups in total. The van der Waals surface area contributed by atoms with Crippen LogP contribution in [0.25, 0.3) is 0 Å². The van der Waals surface area contributed by atoms with Gasteiger partial charge in [0.15, 0.2) is 0 Å². The Morgan fingerprint density at radius 1 is 1.50 bits per heavy atom. The molecule has 0 aromatic heterocycles. The van der Waals surface area contributed by atoms with Gasteiger partial charge in [-0.15, -0.1) is 0 Å². The highest BCUT2D eigenvalue weighted by molar-refractivity contribution is 5.84. The van der Waals surface area contributed by atoms with E-state index in [1.165, 1.54) is 0 Å². The molecule has 5 heteroatoms. The topological polar surface area (TPSA) is 95.4 Å². The van der Waals surface area contributed by atoms with Crippen molar-refractivity contribution in [2.75, 3.05) is 6.61 Å². The molecule has 0 heterocycles. The summed E-state index contributed by atoms with van der Waals surface area (Å²) >= 11 is 0. The third-order valence-electron chi connectivity index (χ3n) is 1.17. The molecule has 0 bridgehead atoms. The molecule has 0 aromatic carbocycles. The van der Waals surface area contributed by atoms with Crippen molar-refractivity contribution in [3.05, 3.63) is 0 Å². The lowest BCUT2D eigenvalue weighted by Crippen LogP contribution is -2.36. The quantitative estimate of drug-likeness (QED) is 0.530. The first-order valence-corrected chi connectivity index (χ1v) is 3.78. The zero-order valence-electron chi connectivity index (χ0n) is 7.08. The molecule has 0 radical (unpaired) electrons. The lowest BCUT2D eigenvalue weighted by molar-refractivity contribution is -0.146. The molecule has 70 valence electrons. The number of hydrogen-bond donors (Lipinski definition) is 2. The number of rotatable bonds is 5. The Kier molecular flexibility index (Phi) is 5.03. The summed E-state index contributed by atoms with van der Waals surface area (Å²) in [4.78, 5) is 21.2. The van der Waals surface area contributed by atoms with Gasteiger partial charge in [-0.2, -0.15) is 0 Å². The van der Waals surface area contributed by atoms with Crippen molar-refractivity contribution in [3.8, 4) is 0 Å². The minimum absolute atomic E-state index is 0.164. The van der Waals surface area contributed by atoms with Crippen LogP contribution in [0.4, 0.5) is 0 Å². The molecular weight excluding hydrogens is 160 g/mol. The number of esters is 1. The van der Waals surface area contributed by atoms with Gasteiger partial charge in [-0.1, -0.05) is 6.92 Å². The van der Waals surface area contributed by atoms with Crippen LogP contribution in [0.3, 0.4) is 0 Å². The third kappa shape index (κ3) is 4.68. The van der Waals surface area contributed by atoms with Gasteiger partial charge in [-0.05, 0) is 6.42 Å². The fourth-order valence-electron chi connectivity index (χ4n) is 0.610. The number of primary amides is 1. The summed E-state index contributed by atoms with van der Waals surface area (Å²) in [6.45, 7) is 2.19.